The maximum absolute atomic E-state index is 5.97. The highest BCUT2D eigenvalue weighted by molar-refractivity contribution is 6.31. The van der Waals surface area contributed by atoms with Crippen LogP contribution in [0.3, 0.4) is 0 Å². The van der Waals surface area contributed by atoms with Crippen LogP contribution in [0.4, 0.5) is 17.5 Å². The molecular formula is C17H14Cl2N4. The highest BCUT2D eigenvalue weighted by atomic mass is 35.5. The number of nitrogens with one attached hydrogen (secondary N) is 2. The fourth-order valence-corrected chi connectivity index (χ4v) is 2.32. The maximum atomic E-state index is 5.97. The molecule has 0 aliphatic heterocycles. The summed E-state index contributed by atoms with van der Waals surface area (Å²) in [5.41, 5.74) is 1.96. The number of rotatable bonds is 5. The van der Waals surface area contributed by atoms with E-state index in [0.29, 0.717) is 17.5 Å². The molecule has 1 heterocycles. The first-order valence-corrected chi connectivity index (χ1v) is 7.78. The average Bonchev–Trinajstić information content (AvgIpc) is 2.55. The second-order valence-corrected chi connectivity index (χ2v) is 5.75. The first-order valence-electron chi connectivity index (χ1n) is 7.03. The van der Waals surface area contributed by atoms with Gasteiger partial charge in [0.1, 0.15) is 5.82 Å². The van der Waals surface area contributed by atoms with E-state index in [1.54, 1.807) is 6.20 Å². The van der Waals surface area contributed by atoms with E-state index in [1.165, 1.54) is 0 Å². The fourth-order valence-electron chi connectivity index (χ4n) is 2.01. The molecule has 3 aromatic rings. The van der Waals surface area contributed by atoms with E-state index in [4.69, 9.17) is 23.2 Å². The van der Waals surface area contributed by atoms with Crippen LogP contribution in [0.2, 0.25) is 10.0 Å². The van der Waals surface area contributed by atoms with Gasteiger partial charge in [-0.25, -0.2) is 4.98 Å². The molecule has 0 atom stereocenters. The lowest BCUT2D eigenvalue weighted by Crippen LogP contribution is -2.04. The molecule has 0 spiro atoms. The second-order valence-electron chi connectivity index (χ2n) is 4.88. The number of halogens is 2. The number of aromatic nitrogens is 2. The third-order valence-electron chi connectivity index (χ3n) is 3.12. The first kappa shape index (κ1) is 15.6. The molecule has 3 rings (SSSR count). The van der Waals surface area contributed by atoms with Crippen LogP contribution < -0.4 is 10.6 Å². The van der Waals surface area contributed by atoms with E-state index >= 15 is 0 Å². The molecule has 1 aromatic heterocycles. The minimum Gasteiger partial charge on any atom is -0.366 e. The van der Waals surface area contributed by atoms with E-state index in [9.17, 15) is 0 Å². The van der Waals surface area contributed by atoms with Crippen molar-refractivity contribution < 1.29 is 0 Å². The molecule has 0 fully saturated rings. The van der Waals surface area contributed by atoms with Crippen LogP contribution >= 0.6 is 23.2 Å². The maximum Gasteiger partial charge on any atom is 0.229 e. The number of anilines is 3. The Hall–Kier alpha value is -2.30. The Morgan fingerprint density at radius 3 is 2.52 bits per heavy atom. The Labute approximate surface area is 144 Å². The molecule has 0 aliphatic carbocycles. The van der Waals surface area contributed by atoms with Crippen LogP contribution in [0.1, 0.15) is 5.56 Å². The van der Waals surface area contributed by atoms with Crippen molar-refractivity contribution in [2.45, 2.75) is 6.54 Å². The highest BCUT2D eigenvalue weighted by Gasteiger charge is 2.01. The molecule has 116 valence electrons. The predicted molar refractivity (Wildman–Crippen MR) is 95.5 cm³/mol. The van der Waals surface area contributed by atoms with Crippen molar-refractivity contribution in [1.82, 2.24) is 9.97 Å². The lowest BCUT2D eigenvalue weighted by molar-refractivity contribution is 1.08. The molecule has 6 heteroatoms. The molecule has 2 aromatic carbocycles. The monoisotopic (exact) mass is 344 g/mol. The summed E-state index contributed by atoms with van der Waals surface area (Å²) in [4.78, 5) is 8.64. The molecule has 0 unspecified atom stereocenters. The summed E-state index contributed by atoms with van der Waals surface area (Å²) < 4.78 is 0. The average molecular weight is 345 g/mol. The molecular weight excluding hydrogens is 331 g/mol. The summed E-state index contributed by atoms with van der Waals surface area (Å²) in [7, 11) is 0. The van der Waals surface area contributed by atoms with Gasteiger partial charge in [-0.1, -0.05) is 41.4 Å². The Bertz CT molecular complexity index is 791. The first-order chi connectivity index (χ1) is 11.2. The van der Waals surface area contributed by atoms with E-state index in [0.717, 1.165) is 22.1 Å². The number of hydrogen-bond acceptors (Lipinski definition) is 4. The van der Waals surface area contributed by atoms with Gasteiger partial charge in [-0.2, -0.15) is 4.98 Å². The SMILES string of the molecule is Clc1ccc(CNc2ccnc(Nc3cccc(Cl)c3)n2)cc1. The number of nitrogens with zero attached hydrogens (tertiary/aromatic N) is 2. The zero-order chi connectivity index (χ0) is 16.1. The van der Waals surface area contributed by atoms with Gasteiger partial charge in [-0.05, 0) is 42.0 Å². The van der Waals surface area contributed by atoms with Crippen molar-refractivity contribution in [1.29, 1.82) is 0 Å². The Balaban J connectivity index is 1.66. The lowest BCUT2D eigenvalue weighted by Gasteiger charge is -2.09. The normalized spacial score (nSPS) is 10.3. The van der Waals surface area contributed by atoms with Gasteiger partial charge in [-0.15, -0.1) is 0 Å². The summed E-state index contributed by atoms with van der Waals surface area (Å²) in [6.07, 6.45) is 1.70. The molecule has 0 radical (unpaired) electrons. The van der Waals surface area contributed by atoms with Crippen LogP contribution in [-0.4, -0.2) is 9.97 Å². The molecule has 0 saturated heterocycles. The van der Waals surface area contributed by atoms with Crippen molar-refractivity contribution in [3.63, 3.8) is 0 Å². The van der Waals surface area contributed by atoms with Crippen LogP contribution in [0.5, 0.6) is 0 Å². The van der Waals surface area contributed by atoms with Gasteiger partial charge in [0.05, 0.1) is 0 Å². The minimum absolute atomic E-state index is 0.508. The molecule has 0 bridgehead atoms. The zero-order valence-corrected chi connectivity index (χ0v) is 13.6. The van der Waals surface area contributed by atoms with Crippen molar-refractivity contribution in [3.05, 3.63) is 76.4 Å². The van der Waals surface area contributed by atoms with Crippen molar-refractivity contribution in [2.24, 2.45) is 0 Å². The van der Waals surface area contributed by atoms with E-state index in [-0.39, 0.29) is 0 Å². The molecule has 0 aliphatic rings. The van der Waals surface area contributed by atoms with Crippen LogP contribution in [0.15, 0.2) is 60.8 Å². The van der Waals surface area contributed by atoms with Crippen molar-refractivity contribution in [2.75, 3.05) is 10.6 Å². The van der Waals surface area contributed by atoms with Crippen LogP contribution in [-0.2, 0) is 6.54 Å². The Morgan fingerprint density at radius 1 is 0.913 bits per heavy atom. The highest BCUT2D eigenvalue weighted by Crippen LogP contribution is 2.18. The zero-order valence-electron chi connectivity index (χ0n) is 12.1. The van der Waals surface area contributed by atoms with Gasteiger partial charge < -0.3 is 10.6 Å². The molecule has 4 nitrogen and oxygen atoms in total. The molecule has 0 saturated carbocycles. The van der Waals surface area contributed by atoms with Crippen molar-refractivity contribution in [3.8, 4) is 0 Å². The minimum atomic E-state index is 0.508. The molecule has 23 heavy (non-hydrogen) atoms. The fraction of sp³-hybridized carbons (Fsp3) is 0.0588. The number of hydrogen-bond donors (Lipinski definition) is 2. The molecule has 2 N–H and O–H groups in total. The van der Waals surface area contributed by atoms with E-state index in [2.05, 4.69) is 20.6 Å². The predicted octanol–water partition coefficient (Wildman–Crippen LogP) is 5.14. The van der Waals surface area contributed by atoms with Crippen LogP contribution in [0, 0.1) is 0 Å². The van der Waals surface area contributed by atoms with Gasteiger partial charge in [-0.3, -0.25) is 0 Å². The Morgan fingerprint density at radius 2 is 1.74 bits per heavy atom. The van der Waals surface area contributed by atoms with Gasteiger partial charge in [0.15, 0.2) is 0 Å². The quantitative estimate of drug-likeness (QED) is 0.672. The smallest absolute Gasteiger partial charge is 0.229 e. The molecule has 0 amide bonds. The van der Waals surface area contributed by atoms with E-state index in [1.807, 2.05) is 54.6 Å². The van der Waals surface area contributed by atoms with Gasteiger partial charge in [0.25, 0.3) is 0 Å². The lowest BCUT2D eigenvalue weighted by atomic mass is 10.2. The summed E-state index contributed by atoms with van der Waals surface area (Å²) in [5, 5.41) is 7.77. The summed E-state index contributed by atoms with van der Waals surface area (Å²) in [6.45, 7) is 0.658. The third kappa shape index (κ3) is 4.58. The number of benzene rings is 2. The van der Waals surface area contributed by atoms with Gasteiger partial charge in [0, 0.05) is 28.5 Å². The largest absolute Gasteiger partial charge is 0.366 e. The summed E-state index contributed by atoms with van der Waals surface area (Å²) in [5.74, 6) is 1.24. The summed E-state index contributed by atoms with van der Waals surface area (Å²) >= 11 is 11.8. The topological polar surface area (TPSA) is 49.8 Å². The summed E-state index contributed by atoms with van der Waals surface area (Å²) in [6, 6.07) is 16.9. The van der Waals surface area contributed by atoms with Gasteiger partial charge in [0.2, 0.25) is 5.95 Å². The standard InChI is InChI=1S/C17H14Cl2N4/c18-13-6-4-12(5-7-13)11-21-16-8-9-20-17(23-16)22-15-3-1-2-14(19)10-15/h1-10H,11H2,(H2,20,21,22,23). The second kappa shape index (κ2) is 7.31. The van der Waals surface area contributed by atoms with Gasteiger partial charge >= 0.3 is 0 Å². The third-order valence-corrected chi connectivity index (χ3v) is 3.61. The van der Waals surface area contributed by atoms with Crippen molar-refractivity contribution >= 4 is 40.7 Å². The Kier molecular flexibility index (Phi) is 4.95. The van der Waals surface area contributed by atoms with Crippen LogP contribution in [0.25, 0.3) is 0 Å². The van der Waals surface area contributed by atoms with E-state index < -0.39 is 0 Å².